The van der Waals surface area contributed by atoms with Gasteiger partial charge in [-0.3, -0.25) is 9.69 Å². The van der Waals surface area contributed by atoms with Crippen molar-refractivity contribution in [2.75, 3.05) is 7.05 Å². The highest BCUT2D eigenvalue weighted by molar-refractivity contribution is 5.94. The molecule has 0 atom stereocenters. The van der Waals surface area contributed by atoms with Crippen molar-refractivity contribution in [1.29, 1.82) is 0 Å². The van der Waals surface area contributed by atoms with Crippen molar-refractivity contribution in [2.24, 2.45) is 0 Å². The third-order valence-corrected chi connectivity index (χ3v) is 5.93. The van der Waals surface area contributed by atoms with E-state index < -0.39 is 0 Å². The molecule has 3 aromatic carbocycles. The minimum absolute atomic E-state index is 0.0615. The molecule has 0 aliphatic heterocycles. The second-order valence-electron chi connectivity index (χ2n) is 8.28. The molecule has 1 aromatic heterocycles. The lowest BCUT2D eigenvalue weighted by Gasteiger charge is -2.22. The Morgan fingerprint density at radius 2 is 1.62 bits per heavy atom. The Bertz CT molecular complexity index is 1230. The lowest BCUT2D eigenvalue weighted by atomic mass is 10.1. The van der Waals surface area contributed by atoms with Crippen LogP contribution in [0, 0.1) is 0 Å². The molecule has 1 fully saturated rings. The molecular formula is C27H26N4O. The molecule has 1 aliphatic carbocycles. The van der Waals surface area contributed by atoms with Crippen LogP contribution >= 0.6 is 0 Å². The molecule has 0 unspecified atom stereocenters. The standard InChI is InChI=1S/C27H26N4O/c1-28-27(32)21-13-11-19(12-14-21)17-31(22-15-16-22)18-25-29-24-10-6-5-9-23(24)26(30-25)20-7-3-2-4-8-20/h2-14,22H,15-18H2,1H3,(H,28,32). The van der Waals surface area contributed by atoms with E-state index in [0.29, 0.717) is 18.2 Å². The van der Waals surface area contributed by atoms with Gasteiger partial charge >= 0.3 is 0 Å². The first-order chi connectivity index (χ1) is 15.7. The van der Waals surface area contributed by atoms with E-state index >= 15 is 0 Å². The van der Waals surface area contributed by atoms with E-state index in [4.69, 9.17) is 9.97 Å². The summed E-state index contributed by atoms with van der Waals surface area (Å²) in [6, 6.07) is 27.0. The molecule has 0 bridgehead atoms. The number of nitrogens with one attached hydrogen (secondary N) is 1. The van der Waals surface area contributed by atoms with Crippen molar-refractivity contribution < 1.29 is 4.79 Å². The zero-order valence-electron chi connectivity index (χ0n) is 18.2. The molecular weight excluding hydrogens is 396 g/mol. The summed E-state index contributed by atoms with van der Waals surface area (Å²) in [5.74, 6) is 0.782. The zero-order valence-corrected chi connectivity index (χ0v) is 18.2. The molecule has 5 nitrogen and oxygen atoms in total. The summed E-state index contributed by atoms with van der Waals surface area (Å²) >= 11 is 0. The molecule has 0 spiro atoms. The average Bonchev–Trinajstić information content (AvgIpc) is 3.69. The fraction of sp³-hybridized carbons (Fsp3) is 0.222. The second-order valence-corrected chi connectivity index (χ2v) is 8.28. The van der Waals surface area contributed by atoms with Gasteiger partial charge in [0.1, 0.15) is 5.82 Å². The van der Waals surface area contributed by atoms with Gasteiger partial charge in [-0.25, -0.2) is 9.97 Å². The van der Waals surface area contributed by atoms with Gasteiger partial charge < -0.3 is 5.32 Å². The molecule has 1 amide bonds. The maximum Gasteiger partial charge on any atom is 0.251 e. The van der Waals surface area contributed by atoms with Crippen LogP contribution in [0.3, 0.4) is 0 Å². The molecule has 32 heavy (non-hydrogen) atoms. The summed E-state index contributed by atoms with van der Waals surface area (Å²) in [5.41, 5.74) is 4.93. The summed E-state index contributed by atoms with van der Waals surface area (Å²) in [6.07, 6.45) is 2.41. The third-order valence-electron chi connectivity index (χ3n) is 5.93. The van der Waals surface area contributed by atoms with Crippen molar-refractivity contribution in [2.45, 2.75) is 32.0 Å². The monoisotopic (exact) mass is 422 g/mol. The zero-order chi connectivity index (χ0) is 21.9. The number of benzene rings is 3. The van der Waals surface area contributed by atoms with Crippen LogP contribution in [0.4, 0.5) is 0 Å². The molecule has 0 radical (unpaired) electrons. The van der Waals surface area contributed by atoms with Crippen LogP contribution in [0.15, 0.2) is 78.9 Å². The minimum Gasteiger partial charge on any atom is -0.355 e. The summed E-state index contributed by atoms with van der Waals surface area (Å²) in [4.78, 5) is 24.2. The van der Waals surface area contributed by atoms with Gasteiger partial charge in [-0.15, -0.1) is 0 Å². The van der Waals surface area contributed by atoms with E-state index in [-0.39, 0.29) is 5.91 Å². The Morgan fingerprint density at radius 3 is 2.34 bits per heavy atom. The molecule has 1 heterocycles. The van der Waals surface area contributed by atoms with Crippen molar-refractivity contribution >= 4 is 16.8 Å². The van der Waals surface area contributed by atoms with E-state index in [9.17, 15) is 4.79 Å². The second kappa shape index (κ2) is 8.89. The molecule has 0 saturated heterocycles. The number of nitrogens with zero attached hydrogens (tertiary/aromatic N) is 3. The number of aromatic nitrogens is 2. The van der Waals surface area contributed by atoms with Crippen LogP contribution in [0.2, 0.25) is 0 Å². The maximum atomic E-state index is 11.8. The summed E-state index contributed by atoms with van der Waals surface area (Å²) in [7, 11) is 1.65. The van der Waals surface area contributed by atoms with E-state index in [1.54, 1.807) is 7.05 Å². The normalized spacial score (nSPS) is 13.4. The van der Waals surface area contributed by atoms with Gasteiger partial charge in [0, 0.05) is 36.1 Å². The first-order valence-electron chi connectivity index (χ1n) is 11.1. The van der Waals surface area contributed by atoms with E-state index in [1.807, 2.05) is 54.6 Å². The number of rotatable bonds is 7. The molecule has 5 rings (SSSR count). The van der Waals surface area contributed by atoms with E-state index in [2.05, 4.69) is 34.5 Å². The fourth-order valence-corrected chi connectivity index (χ4v) is 4.09. The first kappa shape index (κ1) is 20.3. The Morgan fingerprint density at radius 1 is 0.906 bits per heavy atom. The van der Waals surface area contributed by atoms with Gasteiger partial charge in [-0.1, -0.05) is 60.7 Å². The molecule has 5 heteroatoms. The lowest BCUT2D eigenvalue weighted by Crippen LogP contribution is -2.26. The summed E-state index contributed by atoms with van der Waals surface area (Å²) < 4.78 is 0. The highest BCUT2D eigenvalue weighted by atomic mass is 16.1. The topological polar surface area (TPSA) is 58.1 Å². The maximum absolute atomic E-state index is 11.8. The number of hydrogen-bond acceptors (Lipinski definition) is 4. The van der Waals surface area contributed by atoms with Gasteiger partial charge in [0.05, 0.1) is 17.8 Å². The highest BCUT2D eigenvalue weighted by Crippen LogP contribution is 2.31. The number of amides is 1. The number of hydrogen-bond donors (Lipinski definition) is 1. The quantitative estimate of drug-likeness (QED) is 0.464. The van der Waals surface area contributed by atoms with Crippen LogP contribution in [-0.2, 0) is 13.1 Å². The van der Waals surface area contributed by atoms with Crippen molar-refractivity contribution in [1.82, 2.24) is 20.2 Å². The minimum atomic E-state index is -0.0615. The molecule has 1 saturated carbocycles. The predicted molar refractivity (Wildman–Crippen MR) is 127 cm³/mol. The van der Waals surface area contributed by atoms with Gasteiger partial charge in [-0.2, -0.15) is 0 Å². The molecule has 4 aromatic rings. The van der Waals surface area contributed by atoms with Gasteiger partial charge in [0.25, 0.3) is 5.91 Å². The van der Waals surface area contributed by atoms with Gasteiger partial charge in [0.15, 0.2) is 0 Å². The van der Waals surface area contributed by atoms with Gasteiger partial charge in [-0.05, 0) is 36.6 Å². The summed E-state index contributed by atoms with van der Waals surface area (Å²) in [5, 5.41) is 3.74. The van der Waals surface area contributed by atoms with Crippen LogP contribution < -0.4 is 5.32 Å². The molecule has 1 aliphatic rings. The highest BCUT2D eigenvalue weighted by Gasteiger charge is 2.30. The smallest absolute Gasteiger partial charge is 0.251 e. The average molecular weight is 423 g/mol. The summed E-state index contributed by atoms with van der Waals surface area (Å²) in [6.45, 7) is 1.52. The van der Waals surface area contributed by atoms with Crippen LogP contribution in [-0.4, -0.2) is 33.9 Å². The number of para-hydroxylation sites is 1. The predicted octanol–water partition coefficient (Wildman–Crippen LogP) is 4.82. The number of carbonyl (C=O) groups is 1. The van der Waals surface area contributed by atoms with E-state index in [1.165, 1.54) is 18.4 Å². The Labute approximate surface area is 188 Å². The Hall–Kier alpha value is -3.57. The third kappa shape index (κ3) is 4.39. The number of fused-ring (bicyclic) bond motifs is 1. The fourth-order valence-electron chi connectivity index (χ4n) is 4.09. The van der Waals surface area contributed by atoms with Gasteiger partial charge in [0.2, 0.25) is 0 Å². The molecule has 1 N–H and O–H groups in total. The first-order valence-corrected chi connectivity index (χ1v) is 11.1. The SMILES string of the molecule is CNC(=O)c1ccc(CN(Cc2nc(-c3ccccc3)c3ccccc3n2)C2CC2)cc1. The van der Waals surface area contributed by atoms with Crippen molar-refractivity contribution in [3.8, 4) is 11.3 Å². The van der Waals surface area contributed by atoms with Crippen LogP contribution in [0.25, 0.3) is 22.2 Å². The van der Waals surface area contributed by atoms with Crippen molar-refractivity contribution in [3.63, 3.8) is 0 Å². The number of carbonyl (C=O) groups excluding carboxylic acids is 1. The van der Waals surface area contributed by atoms with Crippen LogP contribution in [0.5, 0.6) is 0 Å². The van der Waals surface area contributed by atoms with E-state index in [0.717, 1.165) is 34.5 Å². The largest absolute Gasteiger partial charge is 0.355 e. The Balaban J connectivity index is 1.44. The van der Waals surface area contributed by atoms with Crippen LogP contribution in [0.1, 0.15) is 34.6 Å². The Kier molecular flexibility index (Phi) is 5.65. The molecule has 160 valence electrons. The lowest BCUT2D eigenvalue weighted by molar-refractivity contribution is 0.0963. The van der Waals surface area contributed by atoms with Crippen molar-refractivity contribution in [3.05, 3.63) is 95.8 Å².